The average molecular weight is 475 g/mol. The average Bonchev–Trinajstić information content (AvgIpc) is 3.77. The second-order valence-electron chi connectivity index (χ2n) is 10.7. The lowest BCUT2D eigenvalue weighted by atomic mass is 9.90. The van der Waals surface area contributed by atoms with E-state index in [1.54, 1.807) is 6.92 Å². The van der Waals surface area contributed by atoms with Gasteiger partial charge in [-0.1, -0.05) is 48.5 Å². The summed E-state index contributed by atoms with van der Waals surface area (Å²) in [6.45, 7) is 2.31. The molecule has 3 aliphatic carbocycles. The SMILES string of the molecule is CC(NC(=O)OCC1c2ccccc2-c2ccccc21)(C(=O)N1CCCC2CC21C(=O)O)C1CC1. The summed E-state index contributed by atoms with van der Waals surface area (Å²) in [5.41, 5.74) is 2.28. The van der Waals surface area contributed by atoms with E-state index in [0.29, 0.717) is 13.0 Å². The Morgan fingerprint density at radius 1 is 1.06 bits per heavy atom. The highest BCUT2D eigenvalue weighted by atomic mass is 16.5. The van der Waals surface area contributed by atoms with Gasteiger partial charge in [-0.25, -0.2) is 9.59 Å². The summed E-state index contributed by atoms with van der Waals surface area (Å²) >= 11 is 0. The van der Waals surface area contributed by atoms with Crippen LogP contribution < -0.4 is 5.32 Å². The zero-order valence-corrected chi connectivity index (χ0v) is 19.8. The minimum absolute atomic E-state index is 0.00982. The van der Waals surface area contributed by atoms with Crippen LogP contribution >= 0.6 is 0 Å². The fourth-order valence-corrected chi connectivity index (χ4v) is 6.46. The molecule has 2 aromatic rings. The highest BCUT2D eigenvalue weighted by molar-refractivity contribution is 5.96. The van der Waals surface area contributed by atoms with Crippen LogP contribution in [0.4, 0.5) is 4.79 Å². The van der Waals surface area contributed by atoms with Crippen molar-refractivity contribution in [2.45, 2.75) is 56.0 Å². The third-order valence-electron chi connectivity index (χ3n) is 8.65. The van der Waals surface area contributed by atoms with Crippen molar-refractivity contribution >= 4 is 18.0 Å². The number of alkyl carbamates (subject to hydrolysis) is 1. The van der Waals surface area contributed by atoms with Crippen molar-refractivity contribution in [3.05, 3.63) is 59.7 Å². The Balaban J connectivity index is 1.19. The summed E-state index contributed by atoms with van der Waals surface area (Å²) in [7, 11) is 0. The van der Waals surface area contributed by atoms with Crippen molar-refractivity contribution in [1.29, 1.82) is 0 Å². The van der Waals surface area contributed by atoms with Gasteiger partial charge in [0.1, 0.15) is 17.7 Å². The number of carbonyl (C=O) groups is 3. The predicted molar refractivity (Wildman–Crippen MR) is 129 cm³/mol. The van der Waals surface area contributed by atoms with Crippen LogP contribution in [0.25, 0.3) is 11.1 Å². The first-order chi connectivity index (χ1) is 16.9. The molecule has 4 aliphatic rings. The number of hydrogen-bond donors (Lipinski definition) is 2. The summed E-state index contributed by atoms with van der Waals surface area (Å²) in [6.07, 6.45) is 3.13. The molecule has 7 nitrogen and oxygen atoms in total. The van der Waals surface area contributed by atoms with Crippen molar-refractivity contribution in [2.75, 3.05) is 13.2 Å². The maximum Gasteiger partial charge on any atom is 0.408 e. The summed E-state index contributed by atoms with van der Waals surface area (Å²) in [5.74, 6) is -1.30. The largest absolute Gasteiger partial charge is 0.479 e. The van der Waals surface area contributed by atoms with Gasteiger partial charge in [0.2, 0.25) is 5.91 Å². The molecule has 3 atom stereocenters. The van der Waals surface area contributed by atoms with Crippen LogP contribution in [-0.2, 0) is 14.3 Å². The second kappa shape index (κ2) is 7.83. The number of fused-ring (bicyclic) bond motifs is 4. The number of nitrogens with one attached hydrogen (secondary N) is 1. The first-order valence-electron chi connectivity index (χ1n) is 12.5. The third kappa shape index (κ3) is 3.35. The summed E-state index contributed by atoms with van der Waals surface area (Å²) < 4.78 is 5.72. The zero-order chi connectivity index (χ0) is 24.4. The molecule has 7 heteroatoms. The van der Waals surface area contributed by atoms with Crippen LogP contribution in [0.2, 0.25) is 0 Å². The van der Waals surface area contributed by atoms with Gasteiger partial charge in [0.15, 0.2) is 0 Å². The number of benzene rings is 2. The predicted octanol–water partition coefficient (Wildman–Crippen LogP) is 4.16. The zero-order valence-electron chi connectivity index (χ0n) is 19.8. The van der Waals surface area contributed by atoms with Crippen LogP contribution in [0, 0.1) is 11.8 Å². The molecule has 2 N–H and O–H groups in total. The Hall–Kier alpha value is -3.35. The minimum atomic E-state index is -1.17. The topological polar surface area (TPSA) is 95.9 Å². The van der Waals surface area contributed by atoms with Gasteiger partial charge in [0, 0.05) is 12.5 Å². The van der Waals surface area contributed by atoms with E-state index in [1.807, 2.05) is 24.3 Å². The minimum Gasteiger partial charge on any atom is -0.479 e. The number of ether oxygens (including phenoxy) is 1. The van der Waals surface area contributed by atoms with Crippen molar-refractivity contribution in [2.24, 2.45) is 11.8 Å². The molecule has 2 amide bonds. The highest BCUT2D eigenvalue weighted by Gasteiger charge is 2.68. The molecule has 35 heavy (non-hydrogen) atoms. The molecule has 2 aromatic carbocycles. The van der Waals surface area contributed by atoms with Crippen molar-refractivity contribution in [1.82, 2.24) is 10.2 Å². The molecule has 0 bridgehead atoms. The monoisotopic (exact) mass is 474 g/mol. The molecule has 0 spiro atoms. The normalized spacial score (nSPS) is 26.1. The van der Waals surface area contributed by atoms with Crippen molar-refractivity contribution in [3.8, 4) is 11.1 Å². The summed E-state index contributed by atoms with van der Waals surface area (Å²) in [5, 5.41) is 12.8. The van der Waals surface area contributed by atoms with Gasteiger partial charge < -0.3 is 20.1 Å². The number of hydrogen-bond acceptors (Lipinski definition) is 4. The van der Waals surface area contributed by atoms with Crippen LogP contribution in [0.5, 0.6) is 0 Å². The van der Waals surface area contributed by atoms with Gasteiger partial charge in [0.05, 0.1) is 0 Å². The fraction of sp³-hybridized carbons (Fsp3) is 0.464. The van der Waals surface area contributed by atoms with E-state index in [0.717, 1.165) is 47.9 Å². The molecule has 0 radical (unpaired) electrons. The number of nitrogens with zero attached hydrogens (tertiary/aromatic N) is 1. The first-order valence-corrected chi connectivity index (χ1v) is 12.5. The van der Waals surface area contributed by atoms with Gasteiger partial charge in [-0.15, -0.1) is 0 Å². The Kier molecular flexibility index (Phi) is 4.95. The molecular weight excluding hydrogens is 444 g/mol. The molecule has 182 valence electrons. The van der Waals surface area contributed by atoms with Gasteiger partial charge in [-0.05, 0) is 73.1 Å². The number of likely N-dealkylation sites (tertiary alicyclic amines) is 1. The van der Waals surface area contributed by atoms with E-state index in [-0.39, 0.29) is 30.3 Å². The number of aliphatic carboxylic acids is 1. The third-order valence-corrected chi connectivity index (χ3v) is 8.65. The van der Waals surface area contributed by atoms with Gasteiger partial charge >= 0.3 is 12.1 Å². The van der Waals surface area contributed by atoms with Crippen LogP contribution in [-0.4, -0.2) is 52.2 Å². The second-order valence-corrected chi connectivity index (χ2v) is 10.7. The number of piperidine rings is 1. The standard InChI is InChI=1S/C28H30N2O5/c1-27(17-12-13-17,24(31)30-14-6-7-18-15-28(18,30)25(32)33)29-26(34)35-16-23-21-10-4-2-8-19(21)20-9-3-5-11-22(20)23/h2-5,8-11,17-18,23H,6-7,12-16H2,1H3,(H,29,34)(H,32,33). The molecule has 1 saturated heterocycles. The molecule has 6 rings (SSSR count). The Morgan fingerprint density at radius 3 is 2.29 bits per heavy atom. The summed E-state index contributed by atoms with van der Waals surface area (Å²) in [4.78, 5) is 40.5. The van der Waals surface area contributed by atoms with E-state index in [1.165, 1.54) is 4.90 Å². The Bertz CT molecular complexity index is 1180. The smallest absolute Gasteiger partial charge is 0.408 e. The molecule has 3 fully saturated rings. The number of carbonyl (C=O) groups excluding carboxylic acids is 2. The van der Waals surface area contributed by atoms with Gasteiger partial charge in [0.25, 0.3) is 0 Å². The van der Waals surface area contributed by atoms with E-state index in [4.69, 9.17) is 4.74 Å². The lowest BCUT2D eigenvalue weighted by Gasteiger charge is -2.40. The van der Waals surface area contributed by atoms with Gasteiger partial charge in [-0.3, -0.25) is 4.79 Å². The van der Waals surface area contributed by atoms with Crippen LogP contribution in [0.3, 0.4) is 0 Å². The Morgan fingerprint density at radius 2 is 1.69 bits per heavy atom. The maximum absolute atomic E-state index is 13.8. The fourth-order valence-electron chi connectivity index (χ4n) is 6.46. The number of carboxylic acids is 1. The molecule has 1 aliphatic heterocycles. The Labute approximate surface area is 204 Å². The number of amides is 2. The highest BCUT2D eigenvalue weighted by Crippen LogP contribution is 2.55. The lowest BCUT2D eigenvalue weighted by Crippen LogP contribution is -2.64. The number of rotatable bonds is 6. The van der Waals surface area contributed by atoms with E-state index in [9.17, 15) is 19.5 Å². The molecule has 3 unspecified atom stereocenters. The van der Waals surface area contributed by atoms with Crippen molar-refractivity contribution in [3.63, 3.8) is 0 Å². The molecule has 2 saturated carbocycles. The van der Waals surface area contributed by atoms with E-state index >= 15 is 0 Å². The van der Waals surface area contributed by atoms with E-state index < -0.39 is 23.1 Å². The van der Waals surface area contributed by atoms with Crippen LogP contribution in [0.15, 0.2) is 48.5 Å². The van der Waals surface area contributed by atoms with Gasteiger partial charge in [-0.2, -0.15) is 0 Å². The van der Waals surface area contributed by atoms with Crippen molar-refractivity contribution < 1.29 is 24.2 Å². The molecule has 0 aromatic heterocycles. The molecule has 1 heterocycles. The quantitative estimate of drug-likeness (QED) is 0.656. The maximum atomic E-state index is 13.8. The lowest BCUT2D eigenvalue weighted by molar-refractivity contribution is -0.157. The van der Waals surface area contributed by atoms with E-state index in [2.05, 4.69) is 29.6 Å². The number of carboxylic acid groups (broad SMARTS) is 1. The van der Waals surface area contributed by atoms with Crippen LogP contribution in [0.1, 0.15) is 56.1 Å². The summed E-state index contributed by atoms with van der Waals surface area (Å²) in [6, 6.07) is 16.3. The molecular formula is C28H30N2O5. The first kappa shape index (κ1) is 22.1.